The molecule has 0 aliphatic heterocycles. The van der Waals surface area contributed by atoms with Gasteiger partial charge in [-0.15, -0.1) is 5.10 Å². The van der Waals surface area contributed by atoms with Crippen LogP contribution in [-0.2, 0) is 21.6 Å². The molecule has 0 saturated carbocycles. The number of unbranched alkanes of at least 4 members (excludes halogenated alkanes) is 1. The van der Waals surface area contributed by atoms with Crippen LogP contribution in [0, 0.1) is 0 Å². The molecule has 0 aliphatic carbocycles. The van der Waals surface area contributed by atoms with E-state index in [4.69, 9.17) is 9.47 Å². The van der Waals surface area contributed by atoms with Crippen molar-refractivity contribution in [1.82, 2.24) is 20.3 Å². The highest BCUT2D eigenvalue weighted by Crippen LogP contribution is 2.11. The lowest BCUT2D eigenvalue weighted by molar-refractivity contribution is 0.0688. The first-order valence-corrected chi connectivity index (χ1v) is 7.23. The van der Waals surface area contributed by atoms with Gasteiger partial charge < -0.3 is 14.8 Å². The highest BCUT2D eigenvalue weighted by atomic mass is 16.5. The van der Waals surface area contributed by atoms with E-state index < -0.39 is 0 Å². The minimum Gasteiger partial charge on any atom is -0.382 e. The van der Waals surface area contributed by atoms with Gasteiger partial charge in [0.15, 0.2) is 0 Å². The summed E-state index contributed by atoms with van der Waals surface area (Å²) in [5.41, 5.74) is 0.974. The summed E-state index contributed by atoms with van der Waals surface area (Å²) in [5, 5.41) is 11.7. The first-order chi connectivity index (χ1) is 9.54. The van der Waals surface area contributed by atoms with E-state index in [-0.39, 0.29) is 5.54 Å². The quantitative estimate of drug-likeness (QED) is 0.661. The fraction of sp³-hybridized carbons (Fsp3) is 0.857. The van der Waals surface area contributed by atoms with Crippen molar-refractivity contribution < 1.29 is 9.47 Å². The lowest BCUT2D eigenvalue weighted by Crippen LogP contribution is -2.22. The van der Waals surface area contributed by atoms with Crippen molar-refractivity contribution in [3.05, 3.63) is 11.9 Å². The van der Waals surface area contributed by atoms with Gasteiger partial charge in [-0.1, -0.05) is 5.21 Å². The Morgan fingerprint density at radius 1 is 1.20 bits per heavy atom. The van der Waals surface area contributed by atoms with E-state index in [0.29, 0.717) is 13.2 Å². The molecule has 0 aromatic carbocycles. The van der Waals surface area contributed by atoms with Crippen LogP contribution in [0.15, 0.2) is 6.20 Å². The number of ether oxygens (including phenoxy) is 2. The Morgan fingerprint density at radius 3 is 2.65 bits per heavy atom. The minimum atomic E-state index is -0.00913. The predicted octanol–water partition coefficient (Wildman–Crippen LogP) is 1.57. The Hall–Kier alpha value is -0.980. The first-order valence-electron chi connectivity index (χ1n) is 7.23. The van der Waals surface area contributed by atoms with Gasteiger partial charge in [0.05, 0.1) is 30.6 Å². The molecule has 0 spiro atoms. The standard InChI is InChI=1S/C14H28N4O2/c1-14(2,3)18-12-13(16-17-18)11-15-7-5-6-8-20-10-9-19-4/h12,15H,5-11H2,1-4H3. The van der Waals surface area contributed by atoms with Crippen molar-refractivity contribution in [1.29, 1.82) is 0 Å². The van der Waals surface area contributed by atoms with Crippen molar-refractivity contribution in [2.75, 3.05) is 33.5 Å². The molecule has 20 heavy (non-hydrogen) atoms. The molecule has 0 fully saturated rings. The van der Waals surface area contributed by atoms with Crippen LogP contribution < -0.4 is 5.32 Å². The average molecular weight is 284 g/mol. The van der Waals surface area contributed by atoms with Gasteiger partial charge >= 0.3 is 0 Å². The van der Waals surface area contributed by atoms with Crippen molar-refractivity contribution in [3.63, 3.8) is 0 Å². The Bertz CT molecular complexity index is 360. The minimum absolute atomic E-state index is 0.00913. The Kier molecular flexibility index (Phi) is 7.72. The van der Waals surface area contributed by atoms with Crippen LogP contribution in [-0.4, -0.2) is 48.5 Å². The third-order valence-corrected chi connectivity index (χ3v) is 2.86. The summed E-state index contributed by atoms with van der Waals surface area (Å²) in [4.78, 5) is 0. The van der Waals surface area contributed by atoms with Crippen LogP contribution in [0.5, 0.6) is 0 Å². The van der Waals surface area contributed by atoms with Gasteiger partial charge in [0, 0.05) is 20.3 Å². The van der Waals surface area contributed by atoms with Gasteiger partial charge in [-0.05, 0) is 40.2 Å². The smallest absolute Gasteiger partial charge is 0.0965 e. The lowest BCUT2D eigenvalue weighted by Gasteiger charge is -2.17. The van der Waals surface area contributed by atoms with Crippen LogP contribution in [0.4, 0.5) is 0 Å². The summed E-state index contributed by atoms with van der Waals surface area (Å²) in [6.45, 7) is 10.2. The van der Waals surface area contributed by atoms with Gasteiger partial charge in [-0.3, -0.25) is 0 Å². The number of nitrogens with one attached hydrogen (secondary N) is 1. The second kappa shape index (κ2) is 9.05. The molecular weight excluding hydrogens is 256 g/mol. The third kappa shape index (κ3) is 6.98. The van der Waals surface area contributed by atoms with E-state index in [0.717, 1.165) is 38.2 Å². The number of rotatable bonds is 10. The predicted molar refractivity (Wildman–Crippen MR) is 78.7 cm³/mol. The van der Waals surface area contributed by atoms with Crippen LogP contribution in [0.2, 0.25) is 0 Å². The molecule has 0 radical (unpaired) electrons. The Morgan fingerprint density at radius 2 is 2.00 bits per heavy atom. The third-order valence-electron chi connectivity index (χ3n) is 2.86. The summed E-state index contributed by atoms with van der Waals surface area (Å²) in [6.07, 6.45) is 4.16. The van der Waals surface area contributed by atoms with Gasteiger partial charge in [0.25, 0.3) is 0 Å². The van der Waals surface area contributed by atoms with Crippen LogP contribution in [0.1, 0.15) is 39.3 Å². The Balaban J connectivity index is 2.03. The molecule has 0 aliphatic rings. The molecular formula is C14H28N4O2. The molecule has 0 saturated heterocycles. The first kappa shape index (κ1) is 17.1. The van der Waals surface area contributed by atoms with Gasteiger partial charge in [0.1, 0.15) is 0 Å². The number of hydrogen-bond acceptors (Lipinski definition) is 5. The van der Waals surface area contributed by atoms with E-state index in [1.165, 1.54) is 0 Å². The van der Waals surface area contributed by atoms with Crippen molar-refractivity contribution in [3.8, 4) is 0 Å². The van der Waals surface area contributed by atoms with Crippen LogP contribution >= 0.6 is 0 Å². The lowest BCUT2D eigenvalue weighted by atomic mass is 10.1. The summed E-state index contributed by atoms with van der Waals surface area (Å²) < 4.78 is 12.2. The Labute approximate surface area is 121 Å². The molecule has 1 N–H and O–H groups in total. The number of hydrogen-bond donors (Lipinski definition) is 1. The highest BCUT2D eigenvalue weighted by molar-refractivity contribution is 4.93. The number of methoxy groups -OCH3 is 1. The fourth-order valence-electron chi connectivity index (χ4n) is 1.62. The molecule has 1 aromatic rings. The zero-order chi connectivity index (χ0) is 14.8. The van der Waals surface area contributed by atoms with E-state index in [1.807, 2.05) is 10.9 Å². The maximum absolute atomic E-state index is 5.40. The molecule has 6 nitrogen and oxygen atoms in total. The second-order valence-corrected chi connectivity index (χ2v) is 5.81. The number of aromatic nitrogens is 3. The van der Waals surface area contributed by atoms with E-state index in [2.05, 4.69) is 36.4 Å². The van der Waals surface area contributed by atoms with E-state index >= 15 is 0 Å². The maximum Gasteiger partial charge on any atom is 0.0965 e. The van der Waals surface area contributed by atoms with Crippen molar-refractivity contribution >= 4 is 0 Å². The highest BCUT2D eigenvalue weighted by Gasteiger charge is 2.14. The molecule has 0 amide bonds. The topological polar surface area (TPSA) is 61.2 Å². The molecule has 116 valence electrons. The molecule has 0 unspecified atom stereocenters. The molecule has 6 heteroatoms. The van der Waals surface area contributed by atoms with Crippen LogP contribution in [0.25, 0.3) is 0 Å². The number of nitrogens with zero attached hydrogens (tertiary/aromatic N) is 3. The second-order valence-electron chi connectivity index (χ2n) is 5.81. The normalized spacial score (nSPS) is 12.0. The van der Waals surface area contributed by atoms with E-state index in [1.54, 1.807) is 7.11 Å². The molecule has 1 heterocycles. The monoisotopic (exact) mass is 284 g/mol. The van der Waals surface area contributed by atoms with Crippen LogP contribution in [0.3, 0.4) is 0 Å². The zero-order valence-electron chi connectivity index (χ0n) is 13.2. The summed E-state index contributed by atoms with van der Waals surface area (Å²) >= 11 is 0. The van der Waals surface area contributed by atoms with Gasteiger partial charge in [-0.2, -0.15) is 0 Å². The van der Waals surface area contributed by atoms with Crippen molar-refractivity contribution in [2.45, 2.75) is 45.7 Å². The molecule has 0 bridgehead atoms. The summed E-state index contributed by atoms with van der Waals surface area (Å²) in [7, 11) is 1.68. The SMILES string of the molecule is COCCOCCCCNCc1cn(C(C)(C)C)nn1. The summed E-state index contributed by atoms with van der Waals surface area (Å²) in [6, 6.07) is 0. The van der Waals surface area contributed by atoms with Crippen molar-refractivity contribution in [2.24, 2.45) is 0 Å². The summed E-state index contributed by atoms with van der Waals surface area (Å²) in [5.74, 6) is 0. The largest absolute Gasteiger partial charge is 0.382 e. The molecule has 1 aromatic heterocycles. The zero-order valence-corrected chi connectivity index (χ0v) is 13.2. The molecule has 0 atom stereocenters. The van der Waals surface area contributed by atoms with Gasteiger partial charge in [0.2, 0.25) is 0 Å². The van der Waals surface area contributed by atoms with E-state index in [9.17, 15) is 0 Å². The fourth-order valence-corrected chi connectivity index (χ4v) is 1.62. The maximum atomic E-state index is 5.40. The van der Waals surface area contributed by atoms with Gasteiger partial charge in [-0.25, -0.2) is 4.68 Å². The average Bonchev–Trinajstić information content (AvgIpc) is 2.85. The molecule has 1 rings (SSSR count).